The number of amides is 1. The molecule has 82 valence electrons. The van der Waals surface area contributed by atoms with E-state index in [9.17, 15) is 4.79 Å². The van der Waals surface area contributed by atoms with Crippen LogP contribution in [0.2, 0.25) is 0 Å². The van der Waals surface area contributed by atoms with Crippen molar-refractivity contribution in [1.82, 2.24) is 5.32 Å². The van der Waals surface area contributed by atoms with Crippen LogP contribution in [0.1, 0.15) is 13.8 Å². The predicted molar refractivity (Wildman–Crippen MR) is 64.9 cm³/mol. The first-order valence-electron chi connectivity index (χ1n) is 4.94. The van der Waals surface area contributed by atoms with E-state index in [1.807, 2.05) is 38.1 Å². The van der Waals surface area contributed by atoms with Gasteiger partial charge in [0.1, 0.15) is 0 Å². The van der Waals surface area contributed by atoms with Gasteiger partial charge >= 0.3 is 0 Å². The lowest BCUT2D eigenvalue weighted by molar-refractivity contribution is -0.120. The maximum atomic E-state index is 11.5. The summed E-state index contributed by atoms with van der Waals surface area (Å²) in [7, 11) is 0. The number of nitrogen functional groups attached to an aromatic ring is 1. The first kappa shape index (κ1) is 11.9. The number of para-hydroxylation sites is 1. The Labute approximate surface area is 94.4 Å². The monoisotopic (exact) mass is 224 g/mol. The smallest absolute Gasteiger partial charge is 0.233 e. The topological polar surface area (TPSA) is 55.1 Å². The van der Waals surface area contributed by atoms with Crippen molar-refractivity contribution in [1.29, 1.82) is 0 Å². The molecule has 1 rings (SSSR count). The van der Waals surface area contributed by atoms with Gasteiger partial charge in [-0.1, -0.05) is 12.1 Å². The SMILES string of the molecule is CCNC(=O)C(C)Sc1ccccc1N. The molecule has 0 aliphatic rings. The summed E-state index contributed by atoms with van der Waals surface area (Å²) in [6.45, 7) is 4.45. The number of anilines is 1. The van der Waals surface area contributed by atoms with Crippen molar-refractivity contribution in [2.75, 3.05) is 12.3 Å². The maximum Gasteiger partial charge on any atom is 0.233 e. The second kappa shape index (κ2) is 5.66. The zero-order chi connectivity index (χ0) is 11.3. The molecule has 0 aliphatic heterocycles. The van der Waals surface area contributed by atoms with Crippen molar-refractivity contribution in [2.24, 2.45) is 0 Å². The van der Waals surface area contributed by atoms with Crippen molar-refractivity contribution < 1.29 is 4.79 Å². The summed E-state index contributed by atoms with van der Waals surface area (Å²) in [5.74, 6) is 0.0470. The van der Waals surface area contributed by atoms with Gasteiger partial charge in [-0.15, -0.1) is 11.8 Å². The van der Waals surface area contributed by atoms with Crippen LogP contribution in [-0.2, 0) is 4.79 Å². The van der Waals surface area contributed by atoms with E-state index in [1.54, 1.807) is 0 Å². The van der Waals surface area contributed by atoms with E-state index in [0.717, 1.165) is 10.6 Å². The lowest BCUT2D eigenvalue weighted by atomic mass is 10.3. The molecule has 0 spiro atoms. The molecule has 0 aliphatic carbocycles. The van der Waals surface area contributed by atoms with E-state index < -0.39 is 0 Å². The summed E-state index contributed by atoms with van der Waals surface area (Å²) in [5, 5.41) is 2.67. The van der Waals surface area contributed by atoms with Crippen LogP contribution in [0.4, 0.5) is 5.69 Å². The van der Waals surface area contributed by atoms with E-state index in [2.05, 4.69) is 5.32 Å². The van der Waals surface area contributed by atoms with Gasteiger partial charge in [0.25, 0.3) is 0 Å². The normalized spacial score (nSPS) is 12.1. The zero-order valence-corrected chi connectivity index (χ0v) is 9.80. The number of carbonyl (C=O) groups is 1. The third-order valence-corrected chi connectivity index (χ3v) is 3.14. The van der Waals surface area contributed by atoms with Gasteiger partial charge < -0.3 is 11.1 Å². The number of nitrogens with two attached hydrogens (primary N) is 1. The molecule has 0 aromatic heterocycles. The molecule has 15 heavy (non-hydrogen) atoms. The number of hydrogen-bond acceptors (Lipinski definition) is 3. The van der Waals surface area contributed by atoms with Crippen LogP contribution in [-0.4, -0.2) is 17.7 Å². The molecule has 0 heterocycles. The molecule has 1 aromatic rings. The Kier molecular flexibility index (Phi) is 4.49. The van der Waals surface area contributed by atoms with Crippen LogP contribution in [0.15, 0.2) is 29.2 Å². The third-order valence-electron chi connectivity index (χ3n) is 1.94. The van der Waals surface area contributed by atoms with Gasteiger partial charge in [-0.25, -0.2) is 0 Å². The first-order valence-corrected chi connectivity index (χ1v) is 5.82. The van der Waals surface area contributed by atoms with E-state index >= 15 is 0 Å². The fourth-order valence-corrected chi connectivity index (χ4v) is 2.08. The average molecular weight is 224 g/mol. The van der Waals surface area contributed by atoms with E-state index in [4.69, 9.17) is 5.73 Å². The maximum absolute atomic E-state index is 11.5. The third kappa shape index (κ3) is 3.47. The summed E-state index contributed by atoms with van der Waals surface area (Å²) in [4.78, 5) is 12.4. The lowest BCUT2D eigenvalue weighted by Gasteiger charge is -2.11. The van der Waals surface area contributed by atoms with E-state index in [1.165, 1.54) is 11.8 Å². The van der Waals surface area contributed by atoms with Crippen LogP contribution < -0.4 is 11.1 Å². The molecule has 0 saturated carbocycles. The van der Waals surface area contributed by atoms with Crippen LogP contribution in [0.3, 0.4) is 0 Å². The second-order valence-corrected chi connectivity index (χ2v) is 4.58. The Morgan fingerprint density at radius 3 is 2.80 bits per heavy atom. The van der Waals surface area contributed by atoms with E-state index in [0.29, 0.717) is 6.54 Å². The molecule has 3 N–H and O–H groups in total. The number of nitrogens with one attached hydrogen (secondary N) is 1. The Bertz CT molecular complexity index is 341. The highest BCUT2D eigenvalue weighted by molar-refractivity contribution is 8.00. The molecule has 0 saturated heterocycles. The summed E-state index contributed by atoms with van der Waals surface area (Å²) in [6, 6.07) is 7.57. The highest BCUT2D eigenvalue weighted by atomic mass is 32.2. The van der Waals surface area contributed by atoms with Gasteiger partial charge in [0.2, 0.25) is 5.91 Å². The van der Waals surface area contributed by atoms with Gasteiger partial charge in [-0.2, -0.15) is 0 Å². The van der Waals surface area contributed by atoms with Crippen molar-refractivity contribution in [3.05, 3.63) is 24.3 Å². The molecular formula is C11H16N2OS. The van der Waals surface area contributed by atoms with Crippen LogP contribution in [0.25, 0.3) is 0 Å². The Balaban J connectivity index is 2.62. The number of benzene rings is 1. The summed E-state index contributed by atoms with van der Waals surface area (Å²) >= 11 is 1.48. The largest absolute Gasteiger partial charge is 0.398 e. The molecule has 1 unspecified atom stereocenters. The van der Waals surface area contributed by atoms with Crippen LogP contribution in [0, 0.1) is 0 Å². The molecule has 0 radical (unpaired) electrons. The molecule has 1 aromatic carbocycles. The molecule has 4 heteroatoms. The standard InChI is InChI=1S/C11H16N2OS/c1-3-13-11(14)8(2)15-10-7-5-4-6-9(10)12/h4-8H,3,12H2,1-2H3,(H,13,14). The van der Waals surface area contributed by atoms with Gasteiger partial charge in [-0.05, 0) is 26.0 Å². The van der Waals surface area contributed by atoms with E-state index in [-0.39, 0.29) is 11.2 Å². The predicted octanol–water partition coefficient (Wildman–Crippen LogP) is 1.89. The number of carbonyl (C=O) groups excluding carboxylic acids is 1. The Morgan fingerprint density at radius 2 is 2.20 bits per heavy atom. The average Bonchev–Trinajstić information content (AvgIpc) is 2.21. The van der Waals surface area contributed by atoms with Crippen LogP contribution >= 0.6 is 11.8 Å². The minimum atomic E-state index is -0.116. The van der Waals surface area contributed by atoms with Gasteiger partial charge in [-0.3, -0.25) is 4.79 Å². The highest BCUT2D eigenvalue weighted by Crippen LogP contribution is 2.28. The lowest BCUT2D eigenvalue weighted by Crippen LogP contribution is -2.30. The second-order valence-electron chi connectivity index (χ2n) is 3.19. The Morgan fingerprint density at radius 1 is 1.53 bits per heavy atom. The molecule has 0 bridgehead atoms. The quantitative estimate of drug-likeness (QED) is 0.606. The van der Waals surface area contributed by atoms with Crippen molar-refractivity contribution in [3.63, 3.8) is 0 Å². The fourth-order valence-electron chi connectivity index (χ4n) is 1.15. The summed E-state index contributed by atoms with van der Waals surface area (Å²) in [6.07, 6.45) is 0. The summed E-state index contributed by atoms with van der Waals surface area (Å²) < 4.78 is 0. The van der Waals surface area contributed by atoms with Crippen molar-refractivity contribution >= 4 is 23.4 Å². The molecular weight excluding hydrogens is 208 g/mol. The summed E-state index contributed by atoms with van der Waals surface area (Å²) in [5.41, 5.74) is 6.51. The van der Waals surface area contributed by atoms with Crippen molar-refractivity contribution in [3.8, 4) is 0 Å². The fraction of sp³-hybridized carbons (Fsp3) is 0.364. The highest BCUT2D eigenvalue weighted by Gasteiger charge is 2.14. The van der Waals surface area contributed by atoms with Gasteiger partial charge in [0.05, 0.1) is 5.25 Å². The van der Waals surface area contributed by atoms with Gasteiger partial charge in [0.15, 0.2) is 0 Å². The Hall–Kier alpha value is -1.16. The van der Waals surface area contributed by atoms with Crippen LogP contribution in [0.5, 0.6) is 0 Å². The molecule has 1 amide bonds. The molecule has 0 fully saturated rings. The number of hydrogen-bond donors (Lipinski definition) is 2. The van der Waals surface area contributed by atoms with Crippen molar-refractivity contribution in [2.45, 2.75) is 24.0 Å². The number of rotatable bonds is 4. The zero-order valence-electron chi connectivity index (χ0n) is 8.99. The first-order chi connectivity index (χ1) is 7.15. The number of thioether (sulfide) groups is 1. The minimum Gasteiger partial charge on any atom is -0.398 e. The molecule has 1 atom stereocenters. The van der Waals surface area contributed by atoms with Gasteiger partial charge in [0, 0.05) is 17.1 Å². The minimum absolute atomic E-state index is 0.0470. The molecule has 3 nitrogen and oxygen atoms in total.